The summed E-state index contributed by atoms with van der Waals surface area (Å²) in [6, 6.07) is 14.6. The van der Waals surface area contributed by atoms with Crippen LogP contribution in [-0.4, -0.2) is 46.4 Å². The zero-order valence-corrected chi connectivity index (χ0v) is 24.3. The van der Waals surface area contributed by atoms with Crippen LogP contribution >= 0.6 is 11.3 Å². The summed E-state index contributed by atoms with van der Waals surface area (Å²) in [5.74, 6) is -0.0851. The van der Waals surface area contributed by atoms with Crippen LogP contribution in [0.5, 0.6) is 0 Å². The highest BCUT2D eigenvalue weighted by molar-refractivity contribution is 7.14. The van der Waals surface area contributed by atoms with Crippen LogP contribution in [0.3, 0.4) is 0 Å². The van der Waals surface area contributed by atoms with Crippen LogP contribution in [0.2, 0.25) is 0 Å². The van der Waals surface area contributed by atoms with Crippen molar-refractivity contribution in [2.45, 2.75) is 32.6 Å². The zero-order valence-electron chi connectivity index (χ0n) is 23.5. The summed E-state index contributed by atoms with van der Waals surface area (Å²) in [6.45, 7) is 2.78. The highest BCUT2D eigenvalue weighted by atomic mass is 32.1. The molecule has 0 aliphatic heterocycles. The summed E-state index contributed by atoms with van der Waals surface area (Å²) in [7, 11) is 3.38. The second kappa shape index (κ2) is 12.1. The lowest BCUT2D eigenvalue weighted by molar-refractivity contribution is 0.0799. The number of aryl methyl sites for hydroxylation is 3. The summed E-state index contributed by atoms with van der Waals surface area (Å²) in [6.07, 6.45) is 6.12. The number of nitrogens with zero attached hydrogens (tertiary/aromatic N) is 3. The van der Waals surface area contributed by atoms with Gasteiger partial charge in [0.25, 0.3) is 17.4 Å². The molecule has 10 heteroatoms. The number of nitrogens with two attached hydrogens (primary N) is 1. The first kappa shape index (κ1) is 28.3. The molecule has 4 aromatic rings. The largest absolute Gasteiger partial charge is 0.340 e. The van der Waals surface area contributed by atoms with Gasteiger partial charge in [-0.3, -0.25) is 14.4 Å². The van der Waals surface area contributed by atoms with Crippen LogP contribution in [0, 0.1) is 6.92 Å². The monoisotopic (exact) mass is 570 g/mol. The van der Waals surface area contributed by atoms with Gasteiger partial charge in [-0.15, -0.1) is 11.3 Å². The van der Waals surface area contributed by atoms with Gasteiger partial charge >= 0.3 is 0 Å². The minimum atomic E-state index is -0.291. The van der Waals surface area contributed by atoms with Crippen molar-refractivity contribution in [2.75, 3.05) is 30.8 Å². The van der Waals surface area contributed by atoms with Gasteiger partial charge in [-0.1, -0.05) is 12.1 Å². The molecule has 0 radical (unpaired) electrons. The molecular weight excluding hydrogens is 536 g/mol. The minimum Gasteiger partial charge on any atom is -0.340 e. The minimum absolute atomic E-state index is 0.114. The number of fused-ring (bicyclic) bond motifs is 1. The zero-order chi connectivity index (χ0) is 29.1. The SMILES string of the molecule is Cc1c(NC(=O)c2cc3c(s2)CCCC3)cccc1-c1cn(C)c(=O)c(Nc2ccc(C(=O)N(C)CCN)cc2)n1. The van der Waals surface area contributed by atoms with Crippen molar-refractivity contribution in [2.24, 2.45) is 12.8 Å². The molecule has 41 heavy (non-hydrogen) atoms. The van der Waals surface area contributed by atoms with E-state index in [-0.39, 0.29) is 23.2 Å². The maximum absolute atomic E-state index is 13.1. The predicted octanol–water partition coefficient (Wildman–Crippen LogP) is 4.72. The molecule has 2 aromatic carbocycles. The van der Waals surface area contributed by atoms with E-state index < -0.39 is 0 Å². The van der Waals surface area contributed by atoms with Crippen LogP contribution in [0.4, 0.5) is 17.2 Å². The number of rotatable bonds is 8. The standard InChI is InChI=1S/C31H34N6O3S/c1-19-23(8-6-9-24(19)35-29(38)27-17-21-7-4-5-10-26(21)41-27)25-18-37(3)31(40)28(34-25)33-22-13-11-20(12-14-22)30(39)36(2)16-15-32/h6,8-9,11-14,17-18H,4-5,7,10,15-16,32H2,1-3H3,(H,33,34)(H,35,38). The molecule has 2 amide bonds. The molecule has 0 unspecified atom stereocenters. The van der Waals surface area contributed by atoms with E-state index in [0.29, 0.717) is 35.7 Å². The van der Waals surface area contributed by atoms with Gasteiger partial charge in [-0.05, 0) is 80.1 Å². The Morgan fingerprint density at radius 3 is 2.61 bits per heavy atom. The Balaban J connectivity index is 1.38. The van der Waals surface area contributed by atoms with E-state index in [9.17, 15) is 14.4 Å². The molecule has 0 bridgehead atoms. The van der Waals surface area contributed by atoms with Crippen LogP contribution in [0.15, 0.2) is 59.5 Å². The normalized spacial score (nSPS) is 12.5. The fourth-order valence-electron chi connectivity index (χ4n) is 5.00. The molecule has 0 atom stereocenters. The maximum atomic E-state index is 13.1. The van der Waals surface area contributed by atoms with Gasteiger partial charge in [0.2, 0.25) is 0 Å². The lowest BCUT2D eigenvalue weighted by Gasteiger charge is -2.16. The number of likely N-dealkylation sites (N-methyl/N-ethyl adjacent to an activating group) is 1. The average molecular weight is 571 g/mol. The molecule has 2 heterocycles. The summed E-state index contributed by atoms with van der Waals surface area (Å²) >= 11 is 1.58. The van der Waals surface area contributed by atoms with E-state index in [1.807, 2.05) is 31.2 Å². The van der Waals surface area contributed by atoms with Crippen molar-refractivity contribution in [1.29, 1.82) is 0 Å². The number of carbonyl (C=O) groups is 2. The summed E-state index contributed by atoms with van der Waals surface area (Å²) in [5.41, 5.74) is 10.7. The third-order valence-electron chi connectivity index (χ3n) is 7.36. The Hall–Kier alpha value is -4.28. The Kier molecular flexibility index (Phi) is 8.32. The molecule has 0 saturated heterocycles. The second-order valence-electron chi connectivity index (χ2n) is 10.3. The fourth-order valence-corrected chi connectivity index (χ4v) is 6.15. The van der Waals surface area contributed by atoms with Crippen molar-refractivity contribution in [3.05, 3.63) is 91.5 Å². The fraction of sp³-hybridized carbons (Fsp3) is 0.290. The Bertz CT molecular complexity index is 1630. The van der Waals surface area contributed by atoms with E-state index in [1.54, 1.807) is 60.8 Å². The molecule has 1 aliphatic carbocycles. The number of aromatic nitrogens is 2. The first-order chi connectivity index (χ1) is 19.7. The molecule has 0 fully saturated rings. The van der Waals surface area contributed by atoms with E-state index >= 15 is 0 Å². The molecule has 5 rings (SSSR count). The quantitative estimate of drug-likeness (QED) is 0.282. The first-order valence-corrected chi connectivity index (χ1v) is 14.5. The number of hydrogen-bond donors (Lipinski definition) is 3. The number of hydrogen-bond acceptors (Lipinski definition) is 7. The number of benzene rings is 2. The molecule has 212 valence electrons. The molecule has 0 saturated carbocycles. The highest BCUT2D eigenvalue weighted by Gasteiger charge is 2.19. The third-order valence-corrected chi connectivity index (χ3v) is 8.59. The molecule has 4 N–H and O–H groups in total. The van der Waals surface area contributed by atoms with Crippen molar-refractivity contribution < 1.29 is 9.59 Å². The number of thiophene rings is 1. The van der Waals surface area contributed by atoms with Crippen molar-refractivity contribution in [3.63, 3.8) is 0 Å². The summed E-state index contributed by atoms with van der Waals surface area (Å²) < 4.78 is 1.48. The van der Waals surface area contributed by atoms with Crippen LogP contribution in [-0.2, 0) is 19.9 Å². The van der Waals surface area contributed by atoms with E-state index in [1.165, 1.54) is 27.8 Å². The average Bonchev–Trinajstić information content (AvgIpc) is 3.41. The van der Waals surface area contributed by atoms with Crippen LogP contribution in [0.25, 0.3) is 11.3 Å². The summed E-state index contributed by atoms with van der Waals surface area (Å²) in [4.78, 5) is 46.8. The predicted molar refractivity (Wildman–Crippen MR) is 164 cm³/mol. The molecule has 9 nitrogen and oxygen atoms in total. The Labute approximate surface area is 243 Å². The van der Waals surface area contributed by atoms with E-state index in [0.717, 1.165) is 28.8 Å². The Morgan fingerprint density at radius 2 is 1.88 bits per heavy atom. The van der Waals surface area contributed by atoms with Gasteiger partial charge in [0, 0.05) is 60.8 Å². The van der Waals surface area contributed by atoms with Crippen LogP contribution in [0.1, 0.15) is 48.9 Å². The maximum Gasteiger partial charge on any atom is 0.293 e. The van der Waals surface area contributed by atoms with Crippen molar-refractivity contribution >= 4 is 40.3 Å². The van der Waals surface area contributed by atoms with E-state index in [2.05, 4.69) is 15.6 Å². The smallest absolute Gasteiger partial charge is 0.293 e. The number of nitrogens with one attached hydrogen (secondary N) is 2. The van der Waals surface area contributed by atoms with Crippen LogP contribution < -0.4 is 21.9 Å². The molecule has 2 aromatic heterocycles. The van der Waals surface area contributed by atoms with Gasteiger partial charge in [0.1, 0.15) is 0 Å². The number of anilines is 3. The molecule has 0 spiro atoms. The number of carbonyl (C=O) groups excluding carboxylic acids is 2. The van der Waals surface area contributed by atoms with E-state index in [4.69, 9.17) is 5.73 Å². The highest BCUT2D eigenvalue weighted by Crippen LogP contribution is 2.32. The number of amides is 2. The van der Waals surface area contributed by atoms with Crippen molar-refractivity contribution in [3.8, 4) is 11.3 Å². The van der Waals surface area contributed by atoms with Gasteiger partial charge < -0.3 is 25.8 Å². The Morgan fingerprint density at radius 1 is 1.12 bits per heavy atom. The summed E-state index contributed by atoms with van der Waals surface area (Å²) in [5, 5.41) is 6.18. The topological polar surface area (TPSA) is 122 Å². The third kappa shape index (κ3) is 6.08. The van der Waals surface area contributed by atoms with Crippen molar-refractivity contribution in [1.82, 2.24) is 14.5 Å². The molecule has 1 aliphatic rings. The van der Waals surface area contributed by atoms with Gasteiger partial charge in [-0.25, -0.2) is 4.98 Å². The van der Waals surface area contributed by atoms with Gasteiger partial charge in [-0.2, -0.15) is 0 Å². The van der Waals surface area contributed by atoms with Gasteiger partial charge in [0.05, 0.1) is 10.6 Å². The lowest BCUT2D eigenvalue weighted by atomic mass is 9.99. The lowest BCUT2D eigenvalue weighted by Crippen LogP contribution is -2.31. The van der Waals surface area contributed by atoms with Gasteiger partial charge in [0.15, 0.2) is 5.82 Å². The molecular formula is C31H34N6O3S. The first-order valence-electron chi connectivity index (χ1n) is 13.7. The second-order valence-corrected chi connectivity index (χ2v) is 11.4.